The minimum absolute atomic E-state index is 0.0737. The second-order valence-corrected chi connectivity index (χ2v) is 11.0. The molecular weight excluding hydrogens is 474 g/mol. The lowest BCUT2D eigenvalue weighted by Gasteiger charge is -2.16. The molecular formula is C24H26ClN5O3S. The molecule has 0 aliphatic carbocycles. The van der Waals surface area contributed by atoms with Crippen molar-refractivity contribution in [1.29, 1.82) is 0 Å². The molecule has 0 atom stereocenters. The maximum Gasteiger partial charge on any atom is 0.214 e. The molecule has 1 aromatic carbocycles. The molecule has 3 heterocycles. The predicted octanol–water partition coefficient (Wildman–Crippen LogP) is 4.40. The van der Waals surface area contributed by atoms with Gasteiger partial charge in [0.15, 0.2) is 0 Å². The van der Waals surface area contributed by atoms with E-state index < -0.39 is 15.3 Å². The Kier molecular flexibility index (Phi) is 6.88. The average molecular weight is 500 g/mol. The third kappa shape index (κ3) is 4.91. The van der Waals surface area contributed by atoms with Gasteiger partial charge in [-0.25, -0.2) is 18.1 Å². The summed E-state index contributed by atoms with van der Waals surface area (Å²) in [6, 6.07) is 9.77. The first kappa shape index (κ1) is 24.1. The van der Waals surface area contributed by atoms with Gasteiger partial charge in [0.05, 0.1) is 16.0 Å². The number of aromatic nitrogens is 4. The standard InChI is InChI=1S/C24H26ClN5O3S/c1-15(2)34(31,32)28-12-17-11-26-13-21(25)20(17)14-33-23-7-5-6-18-19(10-16(3)29-24(18)23)22-8-9-27-30(22)4/h5-11,13,15,28H,12,14H2,1-4H3. The second-order valence-electron chi connectivity index (χ2n) is 8.27. The highest BCUT2D eigenvalue weighted by Crippen LogP contribution is 2.33. The highest BCUT2D eigenvalue weighted by molar-refractivity contribution is 7.90. The molecule has 0 unspecified atom stereocenters. The minimum Gasteiger partial charge on any atom is -0.487 e. The molecule has 3 aromatic heterocycles. The smallest absolute Gasteiger partial charge is 0.214 e. The Morgan fingerprint density at radius 1 is 1.21 bits per heavy atom. The summed E-state index contributed by atoms with van der Waals surface area (Å²) in [5, 5.41) is 5.09. The van der Waals surface area contributed by atoms with Crippen LogP contribution in [0.3, 0.4) is 0 Å². The number of hydrogen-bond acceptors (Lipinski definition) is 6. The summed E-state index contributed by atoms with van der Waals surface area (Å²) in [5.74, 6) is 0.603. The number of pyridine rings is 2. The van der Waals surface area contributed by atoms with Crippen LogP contribution in [-0.2, 0) is 30.2 Å². The van der Waals surface area contributed by atoms with Crippen molar-refractivity contribution < 1.29 is 13.2 Å². The molecule has 0 fully saturated rings. The van der Waals surface area contributed by atoms with E-state index >= 15 is 0 Å². The van der Waals surface area contributed by atoms with E-state index in [1.54, 1.807) is 26.2 Å². The molecule has 4 rings (SSSR count). The average Bonchev–Trinajstić information content (AvgIpc) is 3.22. The van der Waals surface area contributed by atoms with Crippen molar-refractivity contribution in [3.05, 3.63) is 70.8 Å². The number of fused-ring (bicyclic) bond motifs is 1. The number of benzene rings is 1. The van der Waals surface area contributed by atoms with Crippen molar-refractivity contribution in [3.63, 3.8) is 0 Å². The number of nitrogens with zero attached hydrogens (tertiary/aromatic N) is 4. The maximum absolute atomic E-state index is 12.2. The molecule has 0 radical (unpaired) electrons. The normalized spacial score (nSPS) is 11.9. The third-order valence-electron chi connectivity index (χ3n) is 5.58. The van der Waals surface area contributed by atoms with Crippen molar-refractivity contribution in [1.82, 2.24) is 24.5 Å². The number of rotatable bonds is 8. The fraction of sp³-hybridized carbons (Fsp3) is 0.292. The third-order valence-corrected chi connectivity index (χ3v) is 7.69. The van der Waals surface area contributed by atoms with Crippen molar-refractivity contribution in [2.45, 2.75) is 39.2 Å². The van der Waals surface area contributed by atoms with Crippen LogP contribution in [-0.4, -0.2) is 33.4 Å². The fourth-order valence-corrected chi connectivity index (χ4v) is 4.55. The number of sulfonamides is 1. The number of ether oxygens (including phenoxy) is 1. The number of aryl methyl sites for hydroxylation is 2. The van der Waals surface area contributed by atoms with Gasteiger partial charge in [0.1, 0.15) is 17.9 Å². The lowest BCUT2D eigenvalue weighted by atomic mass is 10.0. The summed E-state index contributed by atoms with van der Waals surface area (Å²) < 4.78 is 35.0. The summed E-state index contributed by atoms with van der Waals surface area (Å²) in [4.78, 5) is 8.84. The van der Waals surface area contributed by atoms with Crippen LogP contribution in [0, 0.1) is 6.92 Å². The zero-order chi connectivity index (χ0) is 24.5. The van der Waals surface area contributed by atoms with E-state index in [0.717, 1.165) is 27.9 Å². The van der Waals surface area contributed by atoms with Crippen LogP contribution in [0.15, 0.2) is 48.9 Å². The molecule has 0 saturated carbocycles. The van der Waals surface area contributed by atoms with Gasteiger partial charge in [-0.1, -0.05) is 23.7 Å². The lowest BCUT2D eigenvalue weighted by molar-refractivity contribution is 0.308. The van der Waals surface area contributed by atoms with Crippen LogP contribution in [0.4, 0.5) is 0 Å². The number of halogens is 1. The number of para-hydroxylation sites is 1. The molecule has 4 aromatic rings. The molecule has 0 amide bonds. The minimum atomic E-state index is -3.44. The summed E-state index contributed by atoms with van der Waals surface area (Å²) in [6.07, 6.45) is 4.88. The van der Waals surface area contributed by atoms with Crippen LogP contribution in [0.25, 0.3) is 22.2 Å². The Bertz CT molecular complexity index is 1450. The molecule has 0 saturated heterocycles. The Morgan fingerprint density at radius 3 is 2.71 bits per heavy atom. The molecule has 10 heteroatoms. The highest BCUT2D eigenvalue weighted by Gasteiger charge is 2.18. The molecule has 1 N–H and O–H groups in total. The molecule has 0 spiro atoms. The maximum atomic E-state index is 12.2. The zero-order valence-corrected chi connectivity index (χ0v) is 21.0. The van der Waals surface area contributed by atoms with Crippen molar-refractivity contribution >= 4 is 32.5 Å². The van der Waals surface area contributed by atoms with Gasteiger partial charge in [-0.15, -0.1) is 0 Å². The first-order valence-electron chi connectivity index (χ1n) is 10.8. The van der Waals surface area contributed by atoms with E-state index in [9.17, 15) is 8.42 Å². The monoisotopic (exact) mass is 499 g/mol. The first-order valence-corrected chi connectivity index (χ1v) is 12.7. The Balaban J connectivity index is 1.66. The van der Waals surface area contributed by atoms with Gasteiger partial charge in [-0.05, 0) is 44.5 Å². The Labute approximate surface area is 204 Å². The van der Waals surface area contributed by atoms with Crippen LogP contribution in [0.1, 0.15) is 30.7 Å². The highest BCUT2D eigenvalue weighted by atomic mass is 35.5. The van der Waals surface area contributed by atoms with Gasteiger partial charge in [-0.3, -0.25) is 9.67 Å². The van der Waals surface area contributed by atoms with E-state index in [-0.39, 0.29) is 13.2 Å². The molecule has 0 aliphatic heterocycles. The largest absolute Gasteiger partial charge is 0.487 e. The van der Waals surface area contributed by atoms with Gasteiger partial charge >= 0.3 is 0 Å². The van der Waals surface area contributed by atoms with Crippen LogP contribution >= 0.6 is 11.6 Å². The Morgan fingerprint density at radius 2 is 2.00 bits per heavy atom. The summed E-state index contributed by atoms with van der Waals surface area (Å²) >= 11 is 6.42. The predicted molar refractivity (Wildman–Crippen MR) is 133 cm³/mol. The topological polar surface area (TPSA) is 99.0 Å². The van der Waals surface area contributed by atoms with Crippen molar-refractivity contribution in [2.75, 3.05) is 0 Å². The van der Waals surface area contributed by atoms with E-state index in [1.807, 2.05) is 49.0 Å². The molecule has 178 valence electrons. The molecule has 8 nitrogen and oxygen atoms in total. The summed E-state index contributed by atoms with van der Waals surface area (Å²) in [5.41, 5.74) is 4.89. The first-order chi connectivity index (χ1) is 16.2. The van der Waals surface area contributed by atoms with E-state index in [0.29, 0.717) is 21.9 Å². The van der Waals surface area contributed by atoms with Crippen molar-refractivity contribution in [3.8, 4) is 17.0 Å². The van der Waals surface area contributed by atoms with Crippen LogP contribution in [0.2, 0.25) is 5.02 Å². The summed E-state index contributed by atoms with van der Waals surface area (Å²) in [7, 11) is -1.53. The number of nitrogens with one attached hydrogen (secondary N) is 1. The quantitative estimate of drug-likeness (QED) is 0.386. The van der Waals surface area contributed by atoms with Crippen molar-refractivity contribution in [2.24, 2.45) is 7.05 Å². The van der Waals surface area contributed by atoms with Gasteiger partial charge in [-0.2, -0.15) is 5.10 Å². The lowest BCUT2D eigenvalue weighted by Crippen LogP contribution is -2.30. The van der Waals surface area contributed by atoms with Gasteiger partial charge in [0.25, 0.3) is 0 Å². The fourth-order valence-electron chi connectivity index (χ4n) is 3.63. The molecule has 34 heavy (non-hydrogen) atoms. The zero-order valence-electron chi connectivity index (χ0n) is 19.4. The molecule has 0 aliphatic rings. The van der Waals surface area contributed by atoms with Gasteiger partial charge < -0.3 is 4.74 Å². The van der Waals surface area contributed by atoms with Gasteiger partial charge in [0.2, 0.25) is 10.0 Å². The second kappa shape index (κ2) is 9.69. The van der Waals surface area contributed by atoms with Crippen LogP contribution in [0.5, 0.6) is 5.75 Å². The van der Waals surface area contributed by atoms with E-state index in [2.05, 4.69) is 14.8 Å². The van der Waals surface area contributed by atoms with Crippen LogP contribution < -0.4 is 9.46 Å². The van der Waals surface area contributed by atoms with Gasteiger partial charge in [0, 0.05) is 54.4 Å². The molecule has 0 bridgehead atoms. The SMILES string of the molecule is Cc1cc(-c2ccnn2C)c2cccc(OCc3c(Cl)cncc3CNS(=O)(=O)C(C)C)c2n1. The number of hydrogen-bond donors (Lipinski definition) is 1. The summed E-state index contributed by atoms with van der Waals surface area (Å²) in [6.45, 7) is 5.39. The van der Waals surface area contributed by atoms with E-state index in [1.165, 1.54) is 6.20 Å². The van der Waals surface area contributed by atoms with E-state index in [4.69, 9.17) is 21.3 Å². The Hall–Kier alpha value is -3.01.